The van der Waals surface area contributed by atoms with Crippen LogP contribution < -0.4 is 10.2 Å². The predicted octanol–water partition coefficient (Wildman–Crippen LogP) is 3.59. The summed E-state index contributed by atoms with van der Waals surface area (Å²) < 4.78 is 5.40. The van der Waals surface area contributed by atoms with E-state index in [1.807, 2.05) is 30.6 Å². The van der Waals surface area contributed by atoms with E-state index in [1.54, 1.807) is 6.26 Å². The van der Waals surface area contributed by atoms with Gasteiger partial charge in [-0.2, -0.15) is 0 Å². The van der Waals surface area contributed by atoms with Gasteiger partial charge in [-0.3, -0.25) is 9.98 Å². The molecule has 0 radical (unpaired) electrons. The molecule has 1 N–H and O–H groups in total. The molecule has 2 aromatic heterocycles. The molecular formula is C23H33N5O. The Morgan fingerprint density at radius 3 is 2.83 bits per heavy atom. The third kappa shape index (κ3) is 6.66. The van der Waals surface area contributed by atoms with E-state index in [0.717, 1.165) is 43.7 Å². The summed E-state index contributed by atoms with van der Waals surface area (Å²) in [5, 5.41) is 3.38. The van der Waals surface area contributed by atoms with Crippen molar-refractivity contribution >= 4 is 11.6 Å². The minimum Gasteiger partial charge on any atom is -0.469 e. The van der Waals surface area contributed by atoms with E-state index >= 15 is 0 Å². The maximum atomic E-state index is 5.40. The van der Waals surface area contributed by atoms with Crippen LogP contribution in [0.25, 0.3) is 0 Å². The number of rotatable bonds is 9. The maximum absolute atomic E-state index is 5.40. The van der Waals surface area contributed by atoms with Crippen LogP contribution >= 0.6 is 0 Å². The largest absolute Gasteiger partial charge is 0.469 e. The van der Waals surface area contributed by atoms with Gasteiger partial charge in [0.1, 0.15) is 5.76 Å². The van der Waals surface area contributed by atoms with Crippen molar-refractivity contribution in [2.45, 2.75) is 25.7 Å². The Labute approximate surface area is 174 Å². The number of pyridine rings is 1. The first-order chi connectivity index (χ1) is 14.3. The van der Waals surface area contributed by atoms with Crippen LogP contribution in [-0.2, 0) is 6.42 Å². The molecule has 1 saturated heterocycles. The maximum Gasteiger partial charge on any atom is 0.193 e. The van der Waals surface area contributed by atoms with E-state index in [1.165, 1.54) is 24.9 Å². The normalized spacial score (nSPS) is 15.3. The highest BCUT2D eigenvalue weighted by molar-refractivity contribution is 5.79. The van der Waals surface area contributed by atoms with E-state index in [2.05, 4.69) is 45.9 Å². The summed E-state index contributed by atoms with van der Waals surface area (Å²) in [5.41, 5.74) is 1.29. The first kappa shape index (κ1) is 21.0. The Hall–Kier alpha value is -2.76. The predicted molar refractivity (Wildman–Crippen MR) is 119 cm³/mol. The number of piperidine rings is 1. The molecule has 6 heteroatoms. The molecule has 0 bridgehead atoms. The van der Waals surface area contributed by atoms with Crippen LogP contribution in [0.4, 0.5) is 5.69 Å². The van der Waals surface area contributed by atoms with Crippen LogP contribution in [0, 0.1) is 5.92 Å². The average molecular weight is 396 g/mol. The first-order valence-electron chi connectivity index (χ1n) is 10.5. The number of anilines is 1. The summed E-state index contributed by atoms with van der Waals surface area (Å²) in [5.74, 6) is 2.67. The van der Waals surface area contributed by atoms with Crippen LogP contribution in [0.5, 0.6) is 0 Å². The van der Waals surface area contributed by atoms with Crippen molar-refractivity contribution in [2.24, 2.45) is 10.9 Å². The van der Waals surface area contributed by atoms with Crippen molar-refractivity contribution < 1.29 is 4.42 Å². The number of hydrogen-bond donors (Lipinski definition) is 1. The van der Waals surface area contributed by atoms with Crippen LogP contribution in [0.15, 0.2) is 65.0 Å². The zero-order valence-electron chi connectivity index (χ0n) is 17.5. The first-order valence-corrected chi connectivity index (χ1v) is 10.5. The lowest BCUT2D eigenvalue weighted by molar-refractivity contribution is 0.339. The summed E-state index contributed by atoms with van der Waals surface area (Å²) in [7, 11) is 2.12. The van der Waals surface area contributed by atoms with E-state index < -0.39 is 0 Å². The number of nitrogens with zero attached hydrogens (tertiary/aromatic N) is 4. The molecule has 1 aliphatic heterocycles. The van der Waals surface area contributed by atoms with Crippen LogP contribution in [0.2, 0.25) is 0 Å². The molecule has 2 aromatic rings. The fourth-order valence-corrected chi connectivity index (χ4v) is 3.72. The molecule has 0 aromatic carbocycles. The number of hydrogen-bond acceptors (Lipinski definition) is 4. The van der Waals surface area contributed by atoms with Crippen molar-refractivity contribution in [2.75, 3.05) is 44.7 Å². The third-order valence-corrected chi connectivity index (χ3v) is 5.48. The minimum atomic E-state index is 0.710. The smallest absolute Gasteiger partial charge is 0.193 e. The van der Waals surface area contributed by atoms with Gasteiger partial charge in [-0.15, -0.1) is 6.58 Å². The number of aromatic nitrogens is 1. The number of furan rings is 1. The van der Waals surface area contributed by atoms with Crippen molar-refractivity contribution in [1.82, 2.24) is 15.2 Å². The van der Waals surface area contributed by atoms with Crippen molar-refractivity contribution in [3.63, 3.8) is 0 Å². The fraction of sp³-hybridized carbons (Fsp3) is 0.478. The highest BCUT2D eigenvalue weighted by atomic mass is 16.3. The van der Waals surface area contributed by atoms with Crippen molar-refractivity contribution in [3.8, 4) is 0 Å². The molecule has 1 aliphatic rings. The molecule has 29 heavy (non-hydrogen) atoms. The summed E-state index contributed by atoms with van der Waals surface area (Å²) in [4.78, 5) is 13.6. The van der Waals surface area contributed by atoms with E-state index in [-0.39, 0.29) is 0 Å². The summed E-state index contributed by atoms with van der Waals surface area (Å²) in [6.07, 6.45) is 11.8. The van der Waals surface area contributed by atoms with Crippen LogP contribution in [0.3, 0.4) is 0 Å². The molecule has 6 nitrogen and oxygen atoms in total. The quantitative estimate of drug-likeness (QED) is 0.399. The van der Waals surface area contributed by atoms with Gasteiger partial charge in [0, 0.05) is 64.3 Å². The van der Waals surface area contributed by atoms with E-state index in [0.29, 0.717) is 13.1 Å². The lowest BCUT2D eigenvalue weighted by Gasteiger charge is -2.34. The molecule has 0 spiro atoms. The molecule has 3 heterocycles. The topological polar surface area (TPSA) is 56.9 Å². The number of aliphatic imine (C=N–C) groups is 1. The van der Waals surface area contributed by atoms with Gasteiger partial charge in [0.25, 0.3) is 0 Å². The second-order valence-electron chi connectivity index (χ2n) is 7.55. The second-order valence-corrected chi connectivity index (χ2v) is 7.55. The summed E-state index contributed by atoms with van der Waals surface area (Å²) in [6.45, 7) is 8.48. The van der Waals surface area contributed by atoms with Crippen LogP contribution in [-0.4, -0.2) is 55.6 Å². The van der Waals surface area contributed by atoms with Gasteiger partial charge < -0.3 is 19.5 Å². The Morgan fingerprint density at radius 1 is 1.34 bits per heavy atom. The SMILES string of the molecule is C=CCNC(=NCCc1ccco1)N(C)CCC1CCN(c2ccncc2)CC1. The van der Waals surface area contributed by atoms with Gasteiger partial charge in [0.15, 0.2) is 5.96 Å². The second kappa shape index (κ2) is 11.3. The molecule has 156 valence electrons. The molecular weight excluding hydrogens is 362 g/mol. The molecule has 1 fully saturated rings. The van der Waals surface area contributed by atoms with Crippen LogP contribution in [0.1, 0.15) is 25.0 Å². The molecule has 0 atom stereocenters. The Bertz CT molecular complexity index is 736. The number of nitrogens with one attached hydrogen (secondary N) is 1. The number of guanidine groups is 1. The van der Waals surface area contributed by atoms with Gasteiger partial charge >= 0.3 is 0 Å². The minimum absolute atomic E-state index is 0.710. The molecule has 3 rings (SSSR count). The van der Waals surface area contributed by atoms with E-state index in [4.69, 9.17) is 9.41 Å². The third-order valence-electron chi connectivity index (χ3n) is 5.48. The molecule has 0 aliphatic carbocycles. The highest BCUT2D eigenvalue weighted by Gasteiger charge is 2.20. The highest BCUT2D eigenvalue weighted by Crippen LogP contribution is 2.24. The standard InChI is InChI=1S/C23H33N5O/c1-3-12-25-23(26-15-8-22-5-4-19-29-22)27(2)16-9-20-10-17-28(18-11-20)21-6-13-24-14-7-21/h3-7,13-14,19-20H,1,8-12,15-18H2,2H3,(H,25,26). The Balaban J connectivity index is 1.44. The van der Waals surface area contributed by atoms with E-state index in [9.17, 15) is 0 Å². The van der Waals surface area contributed by atoms with Crippen molar-refractivity contribution in [1.29, 1.82) is 0 Å². The Morgan fingerprint density at radius 2 is 2.14 bits per heavy atom. The monoisotopic (exact) mass is 395 g/mol. The van der Waals surface area contributed by atoms with Gasteiger partial charge in [0.2, 0.25) is 0 Å². The summed E-state index contributed by atoms with van der Waals surface area (Å²) in [6, 6.07) is 8.12. The lowest BCUT2D eigenvalue weighted by atomic mass is 9.93. The van der Waals surface area contributed by atoms with Gasteiger partial charge in [-0.25, -0.2) is 0 Å². The molecule has 0 unspecified atom stereocenters. The zero-order chi connectivity index (χ0) is 20.3. The van der Waals surface area contributed by atoms with Crippen molar-refractivity contribution in [3.05, 3.63) is 61.3 Å². The Kier molecular flexibility index (Phi) is 8.16. The molecule has 0 saturated carbocycles. The fourth-order valence-electron chi connectivity index (χ4n) is 3.72. The lowest BCUT2D eigenvalue weighted by Crippen LogP contribution is -2.41. The van der Waals surface area contributed by atoms with Gasteiger partial charge in [0.05, 0.1) is 6.26 Å². The van der Waals surface area contributed by atoms with Gasteiger partial charge in [-0.05, 0) is 49.4 Å². The average Bonchev–Trinajstić information content (AvgIpc) is 3.29. The molecule has 0 amide bonds. The zero-order valence-corrected chi connectivity index (χ0v) is 17.5. The van der Waals surface area contributed by atoms with Gasteiger partial charge in [-0.1, -0.05) is 6.08 Å². The summed E-state index contributed by atoms with van der Waals surface area (Å²) >= 11 is 0.